The molecule has 0 spiro atoms. The zero-order valence-corrected chi connectivity index (χ0v) is 11.6. The van der Waals surface area contributed by atoms with Gasteiger partial charge in [0.2, 0.25) is 10.0 Å². The van der Waals surface area contributed by atoms with Gasteiger partial charge in [-0.2, -0.15) is 0 Å². The Labute approximate surface area is 111 Å². The largest absolute Gasteiger partial charge is 0.393 e. The van der Waals surface area contributed by atoms with Gasteiger partial charge in [-0.05, 0) is 18.2 Å². The molecule has 0 saturated heterocycles. The van der Waals surface area contributed by atoms with Gasteiger partial charge in [-0.3, -0.25) is 0 Å². The van der Waals surface area contributed by atoms with E-state index in [4.69, 9.17) is 29.6 Å². The fourth-order valence-corrected chi connectivity index (χ4v) is 2.76. The van der Waals surface area contributed by atoms with Crippen LogP contribution in [0.25, 0.3) is 0 Å². The second-order valence-electron chi connectivity index (χ2n) is 3.50. The van der Waals surface area contributed by atoms with Crippen LogP contribution in [0.4, 0.5) is 0 Å². The summed E-state index contributed by atoms with van der Waals surface area (Å²) in [5.41, 5.74) is 5.34. The fourth-order valence-electron chi connectivity index (χ4n) is 1.20. The van der Waals surface area contributed by atoms with Gasteiger partial charge >= 0.3 is 0 Å². The van der Waals surface area contributed by atoms with Crippen LogP contribution in [0.3, 0.4) is 0 Å². The van der Waals surface area contributed by atoms with E-state index in [0.29, 0.717) is 11.4 Å². The molecule has 0 bridgehead atoms. The van der Waals surface area contributed by atoms with Crippen LogP contribution in [-0.2, 0) is 10.0 Å². The summed E-state index contributed by atoms with van der Waals surface area (Å²) < 4.78 is 25.4. The van der Waals surface area contributed by atoms with E-state index in [1.54, 1.807) is 12.1 Å². The van der Waals surface area contributed by atoms with Gasteiger partial charge < -0.3 is 5.73 Å². The Morgan fingerprint density at radius 3 is 2.71 bits per heavy atom. The van der Waals surface area contributed by atoms with Crippen molar-refractivity contribution < 1.29 is 8.42 Å². The lowest BCUT2D eigenvalue weighted by Gasteiger charge is -2.16. The number of nitrogens with two attached hydrogens (primary N) is 1. The van der Waals surface area contributed by atoms with E-state index in [9.17, 15) is 8.42 Å². The van der Waals surface area contributed by atoms with E-state index >= 15 is 0 Å². The summed E-state index contributed by atoms with van der Waals surface area (Å²) in [6.45, 7) is 0.254. The van der Waals surface area contributed by atoms with E-state index < -0.39 is 10.0 Å². The van der Waals surface area contributed by atoms with Gasteiger partial charge in [0, 0.05) is 25.0 Å². The highest BCUT2D eigenvalue weighted by Gasteiger charge is 2.20. The van der Waals surface area contributed by atoms with Crippen molar-refractivity contribution in [3.8, 4) is 0 Å². The molecule has 0 radical (unpaired) electrons. The van der Waals surface area contributed by atoms with Crippen molar-refractivity contribution in [2.75, 3.05) is 13.6 Å². The summed E-state index contributed by atoms with van der Waals surface area (Å²) in [5, 5.41) is 0.383. The van der Waals surface area contributed by atoms with E-state index in [-0.39, 0.29) is 16.4 Å². The molecule has 0 unspecified atom stereocenters. The average molecular weight is 293 g/mol. The molecule has 0 heterocycles. The molecule has 7 heteroatoms. The third-order valence-electron chi connectivity index (χ3n) is 2.18. The van der Waals surface area contributed by atoms with Gasteiger partial charge in [0.05, 0.1) is 9.88 Å². The first-order valence-corrected chi connectivity index (χ1v) is 7.07. The van der Waals surface area contributed by atoms with Gasteiger partial charge in [-0.15, -0.1) is 0 Å². The molecule has 1 aromatic rings. The van der Waals surface area contributed by atoms with Crippen LogP contribution in [-0.4, -0.2) is 31.3 Å². The van der Waals surface area contributed by atoms with Crippen molar-refractivity contribution in [2.45, 2.75) is 11.3 Å². The normalized spacial score (nSPS) is 11.7. The fraction of sp³-hybridized carbons (Fsp3) is 0.300. The number of benzene rings is 1. The molecule has 0 fully saturated rings. The first-order valence-electron chi connectivity index (χ1n) is 4.84. The Kier molecular flexibility index (Phi) is 4.88. The molecule has 0 aliphatic rings. The van der Waals surface area contributed by atoms with E-state index in [1.807, 2.05) is 0 Å². The SMILES string of the molecule is CN(CCC(N)=S)S(=O)(=O)c1cccc(Cl)c1. The highest BCUT2D eigenvalue weighted by atomic mass is 35.5. The number of nitrogens with zero attached hydrogens (tertiary/aromatic N) is 1. The molecule has 0 aromatic heterocycles. The highest BCUT2D eigenvalue weighted by Crippen LogP contribution is 2.18. The molecule has 0 atom stereocenters. The molecule has 94 valence electrons. The van der Waals surface area contributed by atoms with Crippen LogP contribution < -0.4 is 5.73 Å². The zero-order valence-electron chi connectivity index (χ0n) is 9.26. The molecular formula is C10H13ClN2O2S2. The Hall–Kier alpha value is -0.690. The maximum Gasteiger partial charge on any atom is 0.242 e. The Morgan fingerprint density at radius 1 is 1.53 bits per heavy atom. The molecular weight excluding hydrogens is 280 g/mol. The summed E-state index contributed by atoms with van der Waals surface area (Å²) in [6.07, 6.45) is 0.353. The average Bonchev–Trinajstić information content (AvgIpc) is 2.25. The minimum atomic E-state index is -3.52. The number of hydrogen-bond donors (Lipinski definition) is 1. The lowest BCUT2D eigenvalue weighted by molar-refractivity contribution is 0.479. The minimum absolute atomic E-state index is 0.162. The first-order chi connectivity index (χ1) is 7.84. The van der Waals surface area contributed by atoms with Crippen molar-refractivity contribution in [1.82, 2.24) is 4.31 Å². The van der Waals surface area contributed by atoms with E-state index in [2.05, 4.69) is 0 Å². The molecule has 17 heavy (non-hydrogen) atoms. The third-order valence-corrected chi connectivity index (χ3v) is 4.47. The number of thiocarbonyl (C=S) groups is 1. The quantitative estimate of drug-likeness (QED) is 0.838. The molecule has 2 N–H and O–H groups in total. The van der Waals surface area contributed by atoms with Crippen LogP contribution in [0.1, 0.15) is 6.42 Å². The monoisotopic (exact) mass is 292 g/mol. The smallest absolute Gasteiger partial charge is 0.242 e. The van der Waals surface area contributed by atoms with E-state index in [1.165, 1.54) is 23.5 Å². The van der Waals surface area contributed by atoms with Crippen molar-refractivity contribution in [1.29, 1.82) is 0 Å². The predicted octanol–water partition coefficient (Wildman–Crippen LogP) is 1.64. The number of sulfonamides is 1. The molecule has 4 nitrogen and oxygen atoms in total. The van der Waals surface area contributed by atoms with Crippen molar-refractivity contribution in [2.24, 2.45) is 5.73 Å². The third kappa shape index (κ3) is 3.92. The molecule has 1 aromatic carbocycles. The highest BCUT2D eigenvalue weighted by molar-refractivity contribution is 7.89. The summed E-state index contributed by atoms with van der Waals surface area (Å²) in [4.78, 5) is 0.452. The second kappa shape index (κ2) is 5.77. The first kappa shape index (κ1) is 14.4. The van der Waals surface area contributed by atoms with Gasteiger partial charge in [0.15, 0.2) is 0 Å². The van der Waals surface area contributed by atoms with Gasteiger partial charge in [0.25, 0.3) is 0 Å². The lowest BCUT2D eigenvalue weighted by atomic mass is 10.4. The van der Waals surface area contributed by atoms with Gasteiger partial charge in [-0.25, -0.2) is 12.7 Å². The van der Waals surface area contributed by atoms with Gasteiger partial charge in [0.1, 0.15) is 0 Å². The second-order valence-corrected chi connectivity index (χ2v) is 6.51. The van der Waals surface area contributed by atoms with Crippen LogP contribution in [0.2, 0.25) is 5.02 Å². The number of rotatable bonds is 5. The summed E-state index contributed by atoms with van der Waals surface area (Å²) in [5.74, 6) is 0. The molecule has 0 aliphatic carbocycles. The standard InChI is InChI=1S/C10H13ClN2O2S2/c1-13(6-5-10(12)16)17(14,15)9-4-2-3-8(11)7-9/h2-4,7H,5-6H2,1H3,(H2,12,16). The Balaban J connectivity index is 2.91. The van der Waals surface area contributed by atoms with Crippen LogP contribution >= 0.6 is 23.8 Å². The molecule has 1 rings (SSSR count). The molecule has 0 saturated carbocycles. The van der Waals surface area contributed by atoms with Crippen molar-refractivity contribution in [3.63, 3.8) is 0 Å². The molecule has 0 aliphatic heterocycles. The maximum absolute atomic E-state index is 12.1. The zero-order chi connectivity index (χ0) is 13.1. The Morgan fingerprint density at radius 2 is 2.18 bits per heavy atom. The maximum atomic E-state index is 12.1. The van der Waals surface area contributed by atoms with Crippen LogP contribution in [0, 0.1) is 0 Å². The van der Waals surface area contributed by atoms with Gasteiger partial charge in [-0.1, -0.05) is 29.9 Å². The summed E-state index contributed by atoms with van der Waals surface area (Å²) >= 11 is 10.5. The number of halogens is 1. The number of hydrogen-bond acceptors (Lipinski definition) is 3. The lowest BCUT2D eigenvalue weighted by Crippen LogP contribution is -2.30. The molecule has 0 amide bonds. The Bertz CT molecular complexity index is 517. The van der Waals surface area contributed by atoms with Crippen molar-refractivity contribution in [3.05, 3.63) is 29.3 Å². The van der Waals surface area contributed by atoms with Crippen molar-refractivity contribution >= 4 is 38.8 Å². The predicted molar refractivity (Wildman–Crippen MR) is 72.7 cm³/mol. The summed E-state index contributed by atoms with van der Waals surface area (Å²) in [7, 11) is -2.04. The van der Waals surface area contributed by atoms with Crippen LogP contribution in [0.15, 0.2) is 29.2 Å². The summed E-state index contributed by atoms with van der Waals surface area (Å²) in [6, 6.07) is 6.12. The van der Waals surface area contributed by atoms with E-state index in [0.717, 1.165) is 0 Å². The minimum Gasteiger partial charge on any atom is -0.393 e. The topological polar surface area (TPSA) is 63.4 Å². The van der Waals surface area contributed by atoms with Crippen LogP contribution in [0.5, 0.6) is 0 Å².